The number of carbonyl (C=O) groups excluding carboxylic acids is 1. The molecule has 3 aliphatic heterocycles. The molecule has 31 heavy (non-hydrogen) atoms. The van der Waals surface area contributed by atoms with E-state index in [9.17, 15) is 9.18 Å². The summed E-state index contributed by atoms with van der Waals surface area (Å²) in [6, 6.07) is 4.73. The summed E-state index contributed by atoms with van der Waals surface area (Å²) in [5, 5.41) is 6.58. The average Bonchev–Trinajstić information content (AvgIpc) is 3.14. The molecular formula is C23H32FN5O2. The minimum atomic E-state index is -0.491. The monoisotopic (exact) mass is 429 g/mol. The molecule has 4 heterocycles. The zero-order valence-electron chi connectivity index (χ0n) is 18.5. The molecule has 1 aromatic carbocycles. The number of carbonyl (C=O) groups is 1. The van der Waals surface area contributed by atoms with Crippen molar-refractivity contribution in [1.82, 2.24) is 20.5 Å². The lowest BCUT2D eigenvalue weighted by molar-refractivity contribution is 0.0463. The molecule has 1 amide bonds. The van der Waals surface area contributed by atoms with Gasteiger partial charge in [-0.05, 0) is 58.7 Å². The molecule has 0 saturated carbocycles. The third-order valence-corrected chi connectivity index (χ3v) is 7.45. The molecule has 3 saturated heterocycles. The minimum Gasteiger partial charge on any atom is -0.420 e. The molecule has 7 nitrogen and oxygen atoms in total. The number of hydrogen-bond acceptors (Lipinski definition) is 6. The Morgan fingerprint density at radius 2 is 1.87 bits per heavy atom. The molecule has 2 N–H and O–H groups in total. The van der Waals surface area contributed by atoms with Gasteiger partial charge in [0.05, 0.1) is 5.56 Å². The van der Waals surface area contributed by atoms with E-state index in [1.807, 2.05) is 0 Å². The molecule has 2 bridgehead atoms. The largest absolute Gasteiger partial charge is 0.420 e. The summed E-state index contributed by atoms with van der Waals surface area (Å²) in [5.41, 5.74) is 0.741. The van der Waals surface area contributed by atoms with Crippen LogP contribution in [-0.2, 0) is 0 Å². The summed E-state index contributed by atoms with van der Waals surface area (Å²) in [5.74, 6) is -0.687. The topological polar surface area (TPSA) is 73.6 Å². The number of benzene rings is 1. The SMILES string of the molecule is CC1CNCC(C)N1c1nc2c(C(=O)NC3CC4CCCC(C3)N4C)ccc(F)c2o1. The van der Waals surface area contributed by atoms with Crippen molar-refractivity contribution in [2.24, 2.45) is 0 Å². The Morgan fingerprint density at radius 1 is 1.19 bits per heavy atom. The van der Waals surface area contributed by atoms with Crippen LogP contribution in [0.3, 0.4) is 0 Å². The molecule has 1 aromatic heterocycles. The van der Waals surface area contributed by atoms with Crippen LogP contribution in [0.2, 0.25) is 0 Å². The first kappa shape index (κ1) is 20.7. The Bertz CT molecular complexity index is 954. The Balaban J connectivity index is 1.41. The van der Waals surface area contributed by atoms with E-state index in [2.05, 4.69) is 46.3 Å². The second kappa shape index (κ2) is 8.06. The van der Waals surface area contributed by atoms with Gasteiger partial charge in [0.15, 0.2) is 11.4 Å². The number of piperidine rings is 2. The number of anilines is 1. The van der Waals surface area contributed by atoms with Crippen LogP contribution in [-0.4, -0.2) is 66.1 Å². The number of fused-ring (bicyclic) bond motifs is 3. The van der Waals surface area contributed by atoms with Crippen LogP contribution in [0.15, 0.2) is 16.5 Å². The highest BCUT2D eigenvalue weighted by Crippen LogP contribution is 2.33. The van der Waals surface area contributed by atoms with Crippen molar-refractivity contribution >= 4 is 23.0 Å². The molecule has 3 aliphatic rings. The van der Waals surface area contributed by atoms with Crippen molar-refractivity contribution in [1.29, 1.82) is 0 Å². The molecule has 3 fully saturated rings. The van der Waals surface area contributed by atoms with Gasteiger partial charge in [0.2, 0.25) is 0 Å². The first-order valence-corrected chi connectivity index (χ1v) is 11.5. The predicted octanol–water partition coefficient (Wildman–Crippen LogP) is 2.90. The van der Waals surface area contributed by atoms with E-state index in [1.54, 1.807) is 0 Å². The number of amides is 1. The first-order valence-electron chi connectivity index (χ1n) is 11.5. The molecule has 2 aromatic rings. The van der Waals surface area contributed by atoms with Crippen LogP contribution in [0.1, 0.15) is 56.3 Å². The van der Waals surface area contributed by atoms with Crippen LogP contribution >= 0.6 is 0 Å². The van der Waals surface area contributed by atoms with E-state index < -0.39 is 5.82 Å². The molecule has 168 valence electrons. The molecule has 8 heteroatoms. The van der Waals surface area contributed by atoms with E-state index in [0.717, 1.165) is 25.9 Å². The molecule has 0 radical (unpaired) electrons. The normalized spacial score (nSPS) is 31.7. The number of oxazole rings is 1. The van der Waals surface area contributed by atoms with Crippen molar-refractivity contribution in [3.05, 3.63) is 23.5 Å². The van der Waals surface area contributed by atoms with Gasteiger partial charge in [-0.3, -0.25) is 4.79 Å². The van der Waals surface area contributed by atoms with Gasteiger partial charge in [0.1, 0.15) is 5.52 Å². The number of nitrogens with one attached hydrogen (secondary N) is 2. The van der Waals surface area contributed by atoms with E-state index in [4.69, 9.17) is 4.42 Å². The van der Waals surface area contributed by atoms with Gasteiger partial charge in [-0.2, -0.15) is 4.98 Å². The number of hydrogen-bond donors (Lipinski definition) is 2. The van der Waals surface area contributed by atoms with Gasteiger partial charge < -0.3 is 24.9 Å². The fraction of sp³-hybridized carbons (Fsp3) is 0.652. The van der Waals surface area contributed by atoms with Crippen LogP contribution in [0.4, 0.5) is 10.4 Å². The smallest absolute Gasteiger partial charge is 0.299 e. The van der Waals surface area contributed by atoms with Gasteiger partial charge in [-0.1, -0.05) is 6.42 Å². The maximum Gasteiger partial charge on any atom is 0.299 e. The van der Waals surface area contributed by atoms with Crippen LogP contribution in [0.25, 0.3) is 11.1 Å². The van der Waals surface area contributed by atoms with Crippen LogP contribution < -0.4 is 15.5 Å². The Morgan fingerprint density at radius 3 is 2.55 bits per heavy atom. The minimum absolute atomic E-state index is 0.0563. The van der Waals surface area contributed by atoms with E-state index in [-0.39, 0.29) is 29.6 Å². The summed E-state index contributed by atoms with van der Waals surface area (Å²) in [7, 11) is 2.20. The van der Waals surface area contributed by atoms with Crippen LogP contribution in [0, 0.1) is 5.82 Å². The van der Waals surface area contributed by atoms with E-state index in [0.29, 0.717) is 29.2 Å². The summed E-state index contributed by atoms with van der Waals surface area (Å²) in [6.45, 7) is 5.77. The molecular weight excluding hydrogens is 397 g/mol. The highest BCUT2D eigenvalue weighted by Gasteiger charge is 2.37. The van der Waals surface area contributed by atoms with Crippen molar-refractivity contribution in [2.75, 3.05) is 25.0 Å². The third kappa shape index (κ3) is 3.69. The summed E-state index contributed by atoms with van der Waals surface area (Å²) < 4.78 is 20.4. The van der Waals surface area contributed by atoms with Gasteiger partial charge >= 0.3 is 0 Å². The standard InChI is InChI=1S/C23H32FN5O2/c1-13-11-25-12-14(2)29(13)23-27-20-18(7-8-19(24)21(20)31-23)22(30)26-15-9-16-5-4-6-17(10-15)28(16)3/h7-8,13-17,25H,4-6,9-12H2,1-3H3,(H,26,30). The molecule has 0 aliphatic carbocycles. The highest BCUT2D eigenvalue weighted by atomic mass is 19.1. The van der Waals surface area contributed by atoms with Crippen molar-refractivity contribution in [3.63, 3.8) is 0 Å². The second-order valence-electron chi connectivity index (χ2n) is 9.58. The molecule has 0 spiro atoms. The van der Waals surface area contributed by atoms with Crippen molar-refractivity contribution < 1.29 is 13.6 Å². The summed E-state index contributed by atoms with van der Waals surface area (Å²) in [4.78, 5) is 22.3. The molecule has 4 atom stereocenters. The fourth-order valence-corrected chi connectivity index (χ4v) is 5.76. The fourth-order valence-electron chi connectivity index (χ4n) is 5.76. The maximum atomic E-state index is 14.6. The number of aromatic nitrogens is 1. The summed E-state index contributed by atoms with van der Waals surface area (Å²) >= 11 is 0. The third-order valence-electron chi connectivity index (χ3n) is 7.45. The number of rotatable bonds is 3. The quantitative estimate of drug-likeness (QED) is 0.782. The Kier molecular flexibility index (Phi) is 5.38. The second-order valence-corrected chi connectivity index (χ2v) is 9.58. The predicted molar refractivity (Wildman–Crippen MR) is 118 cm³/mol. The Hall–Kier alpha value is -2.19. The zero-order chi connectivity index (χ0) is 21.7. The summed E-state index contributed by atoms with van der Waals surface area (Å²) in [6.07, 6.45) is 5.57. The van der Waals surface area contributed by atoms with Crippen molar-refractivity contribution in [2.45, 2.75) is 76.2 Å². The van der Waals surface area contributed by atoms with E-state index >= 15 is 0 Å². The molecule has 4 unspecified atom stereocenters. The lowest BCUT2D eigenvalue weighted by Gasteiger charge is -2.47. The Labute approximate surface area is 182 Å². The lowest BCUT2D eigenvalue weighted by Crippen LogP contribution is -2.55. The highest BCUT2D eigenvalue weighted by molar-refractivity contribution is 6.05. The molecule has 5 rings (SSSR count). The van der Waals surface area contributed by atoms with Gasteiger partial charge in [0, 0.05) is 43.3 Å². The number of piperazine rings is 1. The number of halogens is 1. The number of nitrogens with zero attached hydrogens (tertiary/aromatic N) is 3. The van der Waals surface area contributed by atoms with Gasteiger partial charge in [-0.15, -0.1) is 0 Å². The maximum absolute atomic E-state index is 14.6. The van der Waals surface area contributed by atoms with Crippen LogP contribution in [0.5, 0.6) is 0 Å². The van der Waals surface area contributed by atoms with Gasteiger partial charge in [-0.25, -0.2) is 4.39 Å². The van der Waals surface area contributed by atoms with E-state index in [1.165, 1.54) is 31.4 Å². The lowest BCUT2D eigenvalue weighted by atomic mass is 9.82. The zero-order valence-corrected chi connectivity index (χ0v) is 18.5. The van der Waals surface area contributed by atoms with Gasteiger partial charge in [0.25, 0.3) is 11.9 Å². The first-order chi connectivity index (χ1) is 14.9. The average molecular weight is 430 g/mol. The van der Waals surface area contributed by atoms with Crippen molar-refractivity contribution in [3.8, 4) is 0 Å².